The van der Waals surface area contributed by atoms with Gasteiger partial charge in [0, 0.05) is 36.1 Å². The van der Waals surface area contributed by atoms with Crippen molar-refractivity contribution < 1.29 is 9.90 Å². The fourth-order valence-corrected chi connectivity index (χ4v) is 3.60. The number of aromatic nitrogens is 3. The molecule has 0 spiro atoms. The zero-order valence-corrected chi connectivity index (χ0v) is 16.0. The van der Waals surface area contributed by atoms with Crippen molar-refractivity contribution in [2.75, 3.05) is 13.1 Å². The maximum absolute atomic E-state index is 12.3. The van der Waals surface area contributed by atoms with Gasteiger partial charge in [0.25, 0.3) is 0 Å². The van der Waals surface area contributed by atoms with E-state index in [9.17, 15) is 9.90 Å². The van der Waals surface area contributed by atoms with Gasteiger partial charge in [0.05, 0.1) is 12.3 Å². The summed E-state index contributed by atoms with van der Waals surface area (Å²) in [4.78, 5) is 19.0. The van der Waals surface area contributed by atoms with Gasteiger partial charge in [-0.3, -0.25) is 4.79 Å². The summed E-state index contributed by atoms with van der Waals surface area (Å²) in [6, 6.07) is 1.57. The van der Waals surface area contributed by atoms with Crippen LogP contribution in [0.2, 0.25) is 0 Å². The van der Waals surface area contributed by atoms with Crippen LogP contribution < -0.4 is 5.73 Å². The molecule has 7 nitrogen and oxygen atoms in total. The van der Waals surface area contributed by atoms with Crippen molar-refractivity contribution in [1.29, 1.82) is 0 Å². The molecule has 0 aliphatic carbocycles. The summed E-state index contributed by atoms with van der Waals surface area (Å²) in [5.41, 5.74) is 8.98. The van der Waals surface area contributed by atoms with Crippen molar-refractivity contribution in [2.45, 2.75) is 64.6 Å². The number of rotatable bonds is 4. The maximum Gasteiger partial charge on any atom is 0.242 e. The third kappa shape index (κ3) is 3.46. The SMILES string of the molecule is Cc1cc(C2CCN(C(=O)C(N)C(C)O)CC2)nc2c1cnn2C(C)C. The van der Waals surface area contributed by atoms with Crippen LogP contribution in [0.4, 0.5) is 0 Å². The minimum absolute atomic E-state index is 0.170. The average Bonchev–Trinajstić information content (AvgIpc) is 3.05. The molecule has 1 fully saturated rings. The number of fused-ring (bicyclic) bond motifs is 1. The first-order valence-corrected chi connectivity index (χ1v) is 9.36. The fraction of sp³-hybridized carbons (Fsp3) is 0.632. The van der Waals surface area contributed by atoms with Crippen molar-refractivity contribution in [3.8, 4) is 0 Å². The highest BCUT2D eigenvalue weighted by atomic mass is 16.3. The average molecular weight is 359 g/mol. The summed E-state index contributed by atoms with van der Waals surface area (Å²) in [5, 5.41) is 15.1. The number of aryl methyl sites for hydroxylation is 1. The van der Waals surface area contributed by atoms with Gasteiger partial charge >= 0.3 is 0 Å². The molecule has 0 saturated carbocycles. The number of carbonyl (C=O) groups excluding carboxylic acids is 1. The first-order valence-electron chi connectivity index (χ1n) is 9.36. The molecule has 3 N–H and O–H groups in total. The molecule has 0 aromatic carbocycles. The molecule has 1 amide bonds. The Balaban J connectivity index is 1.77. The van der Waals surface area contributed by atoms with Crippen molar-refractivity contribution >= 4 is 16.9 Å². The van der Waals surface area contributed by atoms with E-state index in [0.717, 1.165) is 29.6 Å². The van der Waals surface area contributed by atoms with E-state index in [1.165, 1.54) is 5.56 Å². The van der Waals surface area contributed by atoms with Crippen molar-refractivity contribution in [3.05, 3.63) is 23.5 Å². The number of likely N-dealkylation sites (tertiary alicyclic amines) is 1. The van der Waals surface area contributed by atoms with E-state index in [1.807, 2.05) is 10.9 Å². The molecule has 26 heavy (non-hydrogen) atoms. The van der Waals surface area contributed by atoms with Gasteiger partial charge < -0.3 is 15.7 Å². The summed E-state index contributed by atoms with van der Waals surface area (Å²) in [6.45, 7) is 9.14. The largest absolute Gasteiger partial charge is 0.391 e. The van der Waals surface area contributed by atoms with Crippen molar-refractivity contribution in [1.82, 2.24) is 19.7 Å². The molecule has 3 rings (SSSR count). The van der Waals surface area contributed by atoms with Crippen LogP contribution in [0.5, 0.6) is 0 Å². The van der Waals surface area contributed by atoms with Gasteiger partial charge in [-0.05, 0) is 52.2 Å². The van der Waals surface area contributed by atoms with Gasteiger partial charge in [0.15, 0.2) is 5.65 Å². The number of pyridine rings is 1. The second-order valence-electron chi connectivity index (χ2n) is 7.65. The number of piperidine rings is 1. The Morgan fingerprint density at radius 1 is 1.31 bits per heavy atom. The van der Waals surface area contributed by atoms with E-state index in [0.29, 0.717) is 19.0 Å². The molecule has 0 radical (unpaired) electrons. The molecule has 2 aromatic rings. The Morgan fingerprint density at radius 2 is 1.96 bits per heavy atom. The van der Waals surface area contributed by atoms with Gasteiger partial charge in [0.1, 0.15) is 6.04 Å². The molecule has 2 aromatic heterocycles. The third-order valence-electron chi connectivity index (χ3n) is 5.31. The first-order chi connectivity index (χ1) is 12.3. The number of nitrogens with two attached hydrogens (primary N) is 1. The molecule has 1 saturated heterocycles. The summed E-state index contributed by atoms with van der Waals surface area (Å²) < 4.78 is 1.96. The lowest BCUT2D eigenvalue weighted by molar-refractivity contribution is -0.135. The lowest BCUT2D eigenvalue weighted by Gasteiger charge is -2.34. The van der Waals surface area contributed by atoms with Gasteiger partial charge in [-0.1, -0.05) is 0 Å². The third-order valence-corrected chi connectivity index (χ3v) is 5.31. The molecule has 1 aliphatic heterocycles. The second kappa shape index (κ2) is 7.32. The van der Waals surface area contributed by atoms with E-state index in [2.05, 4.69) is 31.9 Å². The summed E-state index contributed by atoms with van der Waals surface area (Å²) in [5.74, 6) is 0.149. The second-order valence-corrected chi connectivity index (χ2v) is 7.65. The van der Waals surface area contributed by atoms with Crippen molar-refractivity contribution in [2.24, 2.45) is 5.73 Å². The molecule has 2 unspecified atom stereocenters. The Kier molecular flexibility index (Phi) is 5.29. The number of aliphatic hydroxyl groups excluding tert-OH is 1. The highest BCUT2D eigenvalue weighted by Gasteiger charge is 2.29. The Labute approximate surface area is 154 Å². The van der Waals surface area contributed by atoms with Crippen LogP contribution in [0.3, 0.4) is 0 Å². The van der Waals surface area contributed by atoms with Gasteiger partial charge in [0.2, 0.25) is 5.91 Å². The molecule has 0 bridgehead atoms. The summed E-state index contributed by atoms with van der Waals surface area (Å²) in [7, 11) is 0. The summed E-state index contributed by atoms with van der Waals surface area (Å²) in [6.07, 6.45) is 2.77. The number of nitrogens with zero attached hydrogens (tertiary/aromatic N) is 4. The zero-order chi connectivity index (χ0) is 19.0. The standard InChI is InChI=1S/C19H29N5O2/c1-11(2)24-18-15(10-21-24)12(3)9-16(22-18)14-5-7-23(8-6-14)19(26)17(20)13(4)25/h9-11,13-14,17,25H,5-8,20H2,1-4H3. The molecule has 3 heterocycles. The van der Waals surface area contributed by atoms with Crippen LogP contribution in [0.15, 0.2) is 12.3 Å². The van der Waals surface area contributed by atoms with E-state index in [4.69, 9.17) is 10.7 Å². The maximum atomic E-state index is 12.3. The number of aliphatic hydroxyl groups is 1. The van der Waals surface area contributed by atoms with Crippen LogP contribution in [0.1, 0.15) is 56.8 Å². The highest BCUT2D eigenvalue weighted by molar-refractivity contribution is 5.82. The van der Waals surface area contributed by atoms with Crippen molar-refractivity contribution in [3.63, 3.8) is 0 Å². The van der Waals surface area contributed by atoms with E-state index in [-0.39, 0.29) is 11.9 Å². The van der Waals surface area contributed by atoms with Crippen LogP contribution in [0.25, 0.3) is 11.0 Å². The predicted octanol–water partition coefficient (Wildman–Crippen LogP) is 1.73. The number of amides is 1. The van der Waals surface area contributed by atoms with Gasteiger partial charge in [-0.2, -0.15) is 5.10 Å². The quantitative estimate of drug-likeness (QED) is 0.866. The summed E-state index contributed by atoms with van der Waals surface area (Å²) >= 11 is 0. The Hall–Kier alpha value is -1.99. The van der Waals surface area contributed by atoms with Gasteiger partial charge in [-0.15, -0.1) is 0 Å². The van der Waals surface area contributed by atoms with E-state index >= 15 is 0 Å². The number of hydrogen-bond donors (Lipinski definition) is 2. The minimum atomic E-state index is -0.844. The van der Waals surface area contributed by atoms with Crippen LogP contribution >= 0.6 is 0 Å². The lowest BCUT2D eigenvalue weighted by Crippen LogP contribution is -2.51. The van der Waals surface area contributed by atoms with E-state index in [1.54, 1.807) is 11.8 Å². The van der Waals surface area contributed by atoms with Crippen LogP contribution in [-0.4, -0.2) is 55.9 Å². The Morgan fingerprint density at radius 3 is 2.54 bits per heavy atom. The molecule has 142 valence electrons. The molecule has 1 aliphatic rings. The molecular formula is C19H29N5O2. The Bertz CT molecular complexity index is 791. The minimum Gasteiger partial charge on any atom is -0.391 e. The smallest absolute Gasteiger partial charge is 0.242 e. The highest BCUT2D eigenvalue weighted by Crippen LogP contribution is 2.30. The molecule has 2 atom stereocenters. The molecule has 7 heteroatoms. The topological polar surface area (TPSA) is 97.3 Å². The number of carbonyl (C=O) groups is 1. The fourth-order valence-electron chi connectivity index (χ4n) is 3.60. The first kappa shape index (κ1) is 18.8. The van der Waals surface area contributed by atoms with Crippen LogP contribution in [-0.2, 0) is 4.79 Å². The number of hydrogen-bond acceptors (Lipinski definition) is 5. The monoisotopic (exact) mass is 359 g/mol. The lowest BCUT2D eigenvalue weighted by atomic mass is 9.91. The normalized spacial score (nSPS) is 18.5. The van der Waals surface area contributed by atoms with Crippen LogP contribution in [0, 0.1) is 6.92 Å². The van der Waals surface area contributed by atoms with Gasteiger partial charge in [-0.25, -0.2) is 9.67 Å². The predicted molar refractivity (Wildman–Crippen MR) is 101 cm³/mol. The molecular weight excluding hydrogens is 330 g/mol. The zero-order valence-electron chi connectivity index (χ0n) is 16.0. The van der Waals surface area contributed by atoms with E-state index < -0.39 is 12.1 Å².